The Balaban J connectivity index is 0.00000324. The topological polar surface area (TPSA) is 46.2 Å². The third kappa shape index (κ3) is 2.98. The number of benzene rings is 1. The lowest BCUT2D eigenvalue weighted by molar-refractivity contribution is 0.128. The van der Waals surface area contributed by atoms with Crippen LogP contribution in [0.5, 0.6) is 0 Å². The van der Waals surface area contributed by atoms with Crippen LogP contribution in [0.1, 0.15) is 25.5 Å². The van der Waals surface area contributed by atoms with Gasteiger partial charge in [0.1, 0.15) is 0 Å². The molecule has 0 aliphatic carbocycles. The zero-order valence-corrected chi connectivity index (χ0v) is 10.9. The second-order valence-electron chi connectivity index (χ2n) is 4.61. The molecule has 0 radical (unpaired) electrons. The van der Waals surface area contributed by atoms with E-state index in [9.17, 15) is 22.0 Å². The van der Waals surface area contributed by atoms with Gasteiger partial charge < -0.3 is 10.8 Å². The van der Waals surface area contributed by atoms with E-state index in [1.165, 1.54) is 13.8 Å². The van der Waals surface area contributed by atoms with Gasteiger partial charge in [0.2, 0.25) is 5.82 Å². The van der Waals surface area contributed by atoms with Gasteiger partial charge in [0, 0.05) is 23.6 Å². The van der Waals surface area contributed by atoms with E-state index in [-0.39, 0.29) is 12.4 Å². The molecule has 0 heterocycles. The van der Waals surface area contributed by atoms with Crippen LogP contribution in [-0.4, -0.2) is 11.7 Å². The minimum Gasteiger partial charge on any atom is -0.396 e. The number of hydrogen-bond acceptors (Lipinski definition) is 2. The molecule has 8 heteroatoms. The van der Waals surface area contributed by atoms with Crippen LogP contribution in [0.15, 0.2) is 0 Å². The minimum absolute atomic E-state index is 0. The number of halogens is 6. The van der Waals surface area contributed by atoms with Gasteiger partial charge in [0.05, 0.1) is 0 Å². The van der Waals surface area contributed by atoms with Gasteiger partial charge in [-0.25, -0.2) is 22.0 Å². The number of rotatable bonds is 3. The first-order valence-corrected chi connectivity index (χ1v) is 5.03. The molecule has 0 spiro atoms. The molecule has 1 rings (SSSR count). The van der Waals surface area contributed by atoms with Gasteiger partial charge in [-0.05, 0) is 0 Å². The predicted molar refractivity (Wildman–Crippen MR) is 61.3 cm³/mol. The molecule has 0 aliphatic rings. The van der Waals surface area contributed by atoms with E-state index in [2.05, 4.69) is 0 Å². The molecule has 0 fully saturated rings. The molecular weight excluding hydrogens is 293 g/mol. The van der Waals surface area contributed by atoms with Gasteiger partial charge in [0.25, 0.3) is 0 Å². The van der Waals surface area contributed by atoms with Crippen LogP contribution in [0.2, 0.25) is 0 Å². The van der Waals surface area contributed by atoms with Gasteiger partial charge in [-0.3, -0.25) is 0 Å². The van der Waals surface area contributed by atoms with E-state index in [4.69, 9.17) is 10.8 Å². The maximum atomic E-state index is 13.4. The molecule has 1 atom stereocenters. The summed E-state index contributed by atoms with van der Waals surface area (Å²) >= 11 is 0. The standard InChI is InChI=1S/C11H12F5NO.ClH/c1-11(2,3-18)10(17)4-5(12)7(14)9(16)8(15)6(4)13;/h10,18H,3,17H2,1-2H3;1H/t10-;/m0./s1. The Morgan fingerprint density at radius 2 is 1.26 bits per heavy atom. The Morgan fingerprint density at radius 1 is 0.947 bits per heavy atom. The highest BCUT2D eigenvalue weighted by molar-refractivity contribution is 5.85. The second-order valence-corrected chi connectivity index (χ2v) is 4.61. The number of aliphatic hydroxyl groups excluding tert-OH is 1. The molecule has 1 aromatic rings. The van der Waals surface area contributed by atoms with Gasteiger partial charge in [-0.15, -0.1) is 12.4 Å². The van der Waals surface area contributed by atoms with Crippen molar-refractivity contribution in [1.82, 2.24) is 0 Å². The van der Waals surface area contributed by atoms with Crippen LogP contribution in [0.3, 0.4) is 0 Å². The zero-order chi connectivity index (χ0) is 14.2. The van der Waals surface area contributed by atoms with E-state index in [0.29, 0.717) is 0 Å². The van der Waals surface area contributed by atoms with Crippen molar-refractivity contribution in [2.45, 2.75) is 19.9 Å². The Hall–Kier alpha value is -0.920. The third-order valence-electron chi connectivity index (χ3n) is 2.80. The van der Waals surface area contributed by atoms with Crippen molar-refractivity contribution < 1.29 is 27.1 Å². The largest absolute Gasteiger partial charge is 0.396 e. The highest BCUT2D eigenvalue weighted by atomic mass is 35.5. The van der Waals surface area contributed by atoms with Crippen molar-refractivity contribution in [2.24, 2.45) is 11.1 Å². The summed E-state index contributed by atoms with van der Waals surface area (Å²) in [5, 5.41) is 9.01. The maximum Gasteiger partial charge on any atom is 0.200 e. The fourth-order valence-electron chi connectivity index (χ4n) is 1.38. The quantitative estimate of drug-likeness (QED) is 0.512. The molecule has 2 nitrogen and oxygen atoms in total. The predicted octanol–water partition coefficient (Wildman–Crippen LogP) is 2.82. The number of aliphatic hydroxyl groups is 1. The van der Waals surface area contributed by atoms with Crippen molar-refractivity contribution in [3.05, 3.63) is 34.6 Å². The molecule has 0 aliphatic heterocycles. The first-order valence-electron chi connectivity index (χ1n) is 5.03. The summed E-state index contributed by atoms with van der Waals surface area (Å²) in [5.74, 6) is -10.3. The lowest BCUT2D eigenvalue weighted by Crippen LogP contribution is -2.34. The molecule has 0 bridgehead atoms. The minimum atomic E-state index is -2.23. The molecule has 0 saturated heterocycles. The lowest BCUT2D eigenvalue weighted by atomic mass is 9.81. The van der Waals surface area contributed by atoms with Gasteiger partial charge in [-0.2, -0.15) is 0 Å². The van der Waals surface area contributed by atoms with Crippen molar-refractivity contribution in [3.8, 4) is 0 Å². The van der Waals surface area contributed by atoms with Crippen LogP contribution >= 0.6 is 12.4 Å². The average molecular weight is 306 g/mol. The molecule has 0 amide bonds. The summed E-state index contributed by atoms with van der Waals surface area (Å²) in [7, 11) is 0. The fourth-order valence-corrected chi connectivity index (χ4v) is 1.38. The van der Waals surface area contributed by atoms with Crippen LogP contribution < -0.4 is 5.73 Å². The normalized spacial score (nSPS) is 13.1. The monoisotopic (exact) mass is 305 g/mol. The highest BCUT2D eigenvalue weighted by Gasteiger charge is 2.36. The van der Waals surface area contributed by atoms with E-state index < -0.39 is 52.7 Å². The smallest absolute Gasteiger partial charge is 0.200 e. The van der Waals surface area contributed by atoms with Crippen LogP contribution in [0.25, 0.3) is 0 Å². The second kappa shape index (κ2) is 6.02. The Bertz CT molecular complexity index is 452. The summed E-state index contributed by atoms with van der Waals surface area (Å²) < 4.78 is 65.6. The SMILES string of the molecule is CC(C)(CO)[C@@H](N)c1c(F)c(F)c(F)c(F)c1F.Cl. The molecule has 3 N–H and O–H groups in total. The zero-order valence-electron chi connectivity index (χ0n) is 10.1. The lowest BCUT2D eigenvalue weighted by Gasteiger charge is -2.30. The summed E-state index contributed by atoms with van der Waals surface area (Å²) in [5.41, 5.74) is 3.12. The van der Waals surface area contributed by atoms with Crippen LogP contribution in [0.4, 0.5) is 22.0 Å². The third-order valence-corrected chi connectivity index (χ3v) is 2.80. The van der Waals surface area contributed by atoms with Crippen molar-refractivity contribution in [2.75, 3.05) is 6.61 Å². The summed E-state index contributed by atoms with van der Waals surface area (Å²) in [6.07, 6.45) is 0. The van der Waals surface area contributed by atoms with Crippen LogP contribution in [-0.2, 0) is 0 Å². The molecule has 1 aromatic carbocycles. The van der Waals surface area contributed by atoms with Gasteiger partial charge in [0.15, 0.2) is 23.3 Å². The first kappa shape index (κ1) is 18.1. The molecule has 19 heavy (non-hydrogen) atoms. The Morgan fingerprint density at radius 3 is 1.58 bits per heavy atom. The van der Waals surface area contributed by atoms with E-state index in [0.717, 1.165) is 0 Å². The van der Waals surface area contributed by atoms with Crippen molar-refractivity contribution >= 4 is 12.4 Å². The Kier molecular flexibility index (Phi) is 5.73. The van der Waals surface area contributed by atoms with E-state index in [1.807, 2.05) is 0 Å². The molecule has 0 aromatic heterocycles. The van der Waals surface area contributed by atoms with Crippen molar-refractivity contribution in [3.63, 3.8) is 0 Å². The fraction of sp³-hybridized carbons (Fsp3) is 0.455. The van der Waals surface area contributed by atoms with Crippen molar-refractivity contribution in [1.29, 1.82) is 0 Å². The molecular formula is C11H13ClF5NO. The highest BCUT2D eigenvalue weighted by Crippen LogP contribution is 2.35. The molecule has 0 unspecified atom stereocenters. The maximum absolute atomic E-state index is 13.4. The van der Waals surface area contributed by atoms with E-state index in [1.54, 1.807) is 0 Å². The van der Waals surface area contributed by atoms with Gasteiger partial charge in [-0.1, -0.05) is 13.8 Å². The number of hydrogen-bond donors (Lipinski definition) is 2. The Labute approximate surface area is 112 Å². The summed E-state index contributed by atoms with van der Waals surface area (Å²) in [6, 6.07) is -1.54. The number of nitrogens with two attached hydrogens (primary N) is 1. The van der Waals surface area contributed by atoms with E-state index >= 15 is 0 Å². The molecule has 0 saturated carbocycles. The first-order chi connectivity index (χ1) is 8.15. The average Bonchev–Trinajstić information content (AvgIpc) is 2.34. The van der Waals surface area contributed by atoms with Crippen LogP contribution in [0, 0.1) is 34.5 Å². The summed E-state index contributed by atoms with van der Waals surface area (Å²) in [6.45, 7) is 2.11. The van der Waals surface area contributed by atoms with Gasteiger partial charge >= 0.3 is 0 Å². The summed E-state index contributed by atoms with van der Waals surface area (Å²) in [4.78, 5) is 0. The molecule has 110 valence electrons.